The van der Waals surface area contributed by atoms with Crippen molar-refractivity contribution in [1.82, 2.24) is 0 Å². The van der Waals surface area contributed by atoms with E-state index in [0.29, 0.717) is 23.5 Å². The van der Waals surface area contributed by atoms with Gasteiger partial charge in [0, 0.05) is 17.8 Å². The zero-order valence-corrected chi connectivity index (χ0v) is 16.8. The summed E-state index contributed by atoms with van der Waals surface area (Å²) in [6.07, 6.45) is 1.33. The van der Waals surface area contributed by atoms with Gasteiger partial charge in [-0.05, 0) is 64.7 Å². The fraction of sp³-hybridized carbons (Fsp3) is 0.300. The van der Waals surface area contributed by atoms with Crippen LogP contribution in [0.5, 0.6) is 5.75 Å². The molecule has 0 saturated carbocycles. The van der Waals surface area contributed by atoms with Crippen molar-refractivity contribution in [3.63, 3.8) is 0 Å². The first-order valence-corrected chi connectivity index (χ1v) is 9.34. The second-order valence-electron chi connectivity index (χ2n) is 5.84. The Bertz CT molecular complexity index is 806. The summed E-state index contributed by atoms with van der Waals surface area (Å²) >= 11 is 3.46. The minimum absolute atomic E-state index is 0.0692. The maximum absolute atomic E-state index is 12.2. The number of nitrogens with one attached hydrogen (secondary N) is 2. The molecule has 2 rings (SSSR count). The first-order chi connectivity index (χ1) is 12.4. The maximum atomic E-state index is 12.2. The number of aryl methyl sites for hydroxylation is 1. The largest absolute Gasteiger partial charge is 0.483 e. The molecule has 0 aliphatic rings. The van der Waals surface area contributed by atoms with Crippen LogP contribution in [0, 0.1) is 6.92 Å². The molecule has 0 unspecified atom stereocenters. The van der Waals surface area contributed by atoms with E-state index < -0.39 is 0 Å². The van der Waals surface area contributed by atoms with Gasteiger partial charge in [-0.15, -0.1) is 0 Å². The lowest BCUT2D eigenvalue weighted by Gasteiger charge is -2.14. The summed E-state index contributed by atoms with van der Waals surface area (Å²) in [6, 6.07) is 11.2. The van der Waals surface area contributed by atoms with Gasteiger partial charge in [-0.3, -0.25) is 9.59 Å². The van der Waals surface area contributed by atoms with Crippen LogP contribution in [-0.2, 0) is 16.0 Å². The van der Waals surface area contributed by atoms with E-state index in [9.17, 15) is 9.59 Å². The lowest BCUT2D eigenvalue weighted by Crippen LogP contribution is -2.21. The second kappa shape index (κ2) is 9.38. The van der Waals surface area contributed by atoms with E-state index >= 15 is 0 Å². The summed E-state index contributed by atoms with van der Waals surface area (Å²) in [7, 11) is 0. The predicted molar refractivity (Wildman–Crippen MR) is 108 cm³/mol. The van der Waals surface area contributed by atoms with Crippen LogP contribution in [-0.4, -0.2) is 18.4 Å². The lowest BCUT2D eigenvalue weighted by molar-refractivity contribution is -0.118. The molecular formula is C20H23BrN2O3. The Kier molecular flexibility index (Phi) is 7.21. The number of halogens is 1. The van der Waals surface area contributed by atoms with Crippen molar-refractivity contribution in [3.8, 4) is 5.75 Å². The van der Waals surface area contributed by atoms with E-state index in [4.69, 9.17) is 4.74 Å². The standard InChI is InChI=1S/C20H23BrN2O3/c1-4-14-9-10-18(15(21)11-14)26-12-20(25)23-17-8-6-7-16(13(17)3)22-19(24)5-2/h6-11H,4-5,12H2,1-3H3,(H,22,24)(H,23,25). The van der Waals surface area contributed by atoms with Crippen molar-refractivity contribution in [2.75, 3.05) is 17.2 Å². The van der Waals surface area contributed by atoms with Crippen molar-refractivity contribution >= 4 is 39.1 Å². The Morgan fingerprint density at radius 2 is 1.69 bits per heavy atom. The molecule has 0 atom stereocenters. The van der Waals surface area contributed by atoms with Gasteiger partial charge in [0.1, 0.15) is 5.75 Å². The van der Waals surface area contributed by atoms with E-state index in [2.05, 4.69) is 33.5 Å². The van der Waals surface area contributed by atoms with E-state index in [1.54, 1.807) is 25.1 Å². The third kappa shape index (κ3) is 5.33. The zero-order valence-electron chi connectivity index (χ0n) is 15.2. The summed E-state index contributed by atoms with van der Waals surface area (Å²) < 4.78 is 6.42. The predicted octanol–water partition coefficient (Wildman–Crippen LogP) is 4.69. The molecule has 138 valence electrons. The molecule has 0 aromatic heterocycles. The van der Waals surface area contributed by atoms with Crippen LogP contribution in [0.4, 0.5) is 11.4 Å². The Balaban J connectivity index is 2.00. The van der Waals surface area contributed by atoms with Crippen LogP contribution in [0.3, 0.4) is 0 Å². The SMILES string of the molecule is CCC(=O)Nc1cccc(NC(=O)COc2ccc(CC)cc2Br)c1C. The molecule has 0 bridgehead atoms. The third-order valence-corrected chi connectivity index (χ3v) is 4.59. The second-order valence-corrected chi connectivity index (χ2v) is 6.69. The molecule has 0 radical (unpaired) electrons. The molecule has 0 spiro atoms. The molecule has 0 aliphatic carbocycles. The van der Waals surface area contributed by atoms with Gasteiger partial charge in [-0.25, -0.2) is 0 Å². The Labute approximate surface area is 162 Å². The van der Waals surface area contributed by atoms with Gasteiger partial charge in [-0.1, -0.05) is 26.0 Å². The molecule has 0 fully saturated rings. The zero-order chi connectivity index (χ0) is 19.1. The van der Waals surface area contributed by atoms with Gasteiger partial charge in [0.05, 0.1) is 4.47 Å². The number of hydrogen-bond donors (Lipinski definition) is 2. The van der Waals surface area contributed by atoms with Gasteiger partial charge in [0.2, 0.25) is 5.91 Å². The highest BCUT2D eigenvalue weighted by molar-refractivity contribution is 9.10. The fourth-order valence-electron chi connectivity index (χ4n) is 2.36. The topological polar surface area (TPSA) is 67.4 Å². The van der Waals surface area contributed by atoms with Crippen LogP contribution in [0.2, 0.25) is 0 Å². The van der Waals surface area contributed by atoms with Crippen molar-refractivity contribution in [2.24, 2.45) is 0 Å². The number of amides is 2. The molecule has 0 saturated heterocycles. The molecule has 0 heterocycles. The third-order valence-electron chi connectivity index (χ3n) is 3.97. The fourth-order valence-corrected chi connectivity index (χ4v) is 2.90. The smallest absolute Gasteiger partial charge is 0.262 e. The highest BCUT2D eigenvalue weighted by Gasteiger charge is 2.11. The molecule has 0 aliphatic heterocycles. The molecule has 2 N–H and O–H groups in total. The highest BCUT2D eigenvalue weighted by Crippen LogP contribution is 2.27. The lowest BCUT2D eigenvalue weighted by atomic mass is 10.1. The van der Waals surface area contributed by atoms with Crippen LogP contribution < -0.4 is 15.4 Å². The number of anilines is 2. The molecule has 2 aromatic carbocycles. The monoisotopic (exact) mass is 418 g/mol. The number of ether oxygens (including phenoxy) is 1. The first-order valence-electron chi connectivity index (χ1n) is 8.55. The number of hydrogen-bond acceptors (Lipinski definition) is 3. The minimum atomic E-state index is -0.265. The summed E-state index contributed by atoms with van der Waals surface area (Å²) in [5, 5.41) is 5.65. The quantitative estimate of drug-likeness (QED) is 0.685. The minimum Gasteiger partial charge on any atom is -0.483 e. The van der Waals surface area contributed by atoms with E-state index in [1.807, 2.05) is 25.1 Å². The van der Waals surface area contributed by atoms with Gasteiger partial charge in [0.25, 0.3) is 5.91 Å². The summed E-state index contributed by atoms with van der Waals surface area (Å²) in [5.74, 6) is 0.289. The van der Waals surface area contributed by atoms with Crippen LogP contribution in [0.15, 0.2) is 40.9 Å². The van der Waals surface area contributed by atoms with Crippen LogP contribution in [0.1, 0.15) is 31.4 Å². The van der Waals surface area contributed by atoms with Crippen molar-refractivity contribution < 1.29 is 14.3 Å². The van der Waals surface area contributed by atoms with Gasteiger partial charge in [0.15, 0.2) is 6.61 Å². The van der Waals surface area contributed by atoms with Gasteiger partial charge < -0.3 is 15.4 Å². The average molecular weight is 419 g/mol. The van der Waals surface area contributed by atoms with Crippen molar-refractivity contribution in [2.45, 2.75) is 33.6 Å². The van der Waals surface area contributed by atoms with Crippen molar-refractivity contribution in [3.05, 3.63) is 52.0 Å². The summed E-state index contributed by atoms with van der Waals surface area (Å²) in [5.41, 5.74) is 3.33. The molecule has 6 heteroatoms. The number of carbonyl (C=O) groups excluding carboxylic acids is 2. The average Bonchev–Trinajstić information content (AvgIpc) is 2.63. The maximum Gasteiger partial charge on any atom is 0.262 e. The molecule has 26 heavy (non-hydrogen) atoms. The Hall–Kier alpha value is -2.34. The molecule has 2 amide bonds. The number of rotatable bonds is 7. The molecule has 5 nitrogen and oxygen atoms in total. The van der Waals surface area contributed by atoms with E-state index in [0.717, 1.165) is 16.5 Å². The normalized spacial score (nSPS) is 10.3. The van der Waals surface area contributed by atoms with Crippen LogP contribution in [0.25, 0.3) is 0 Å². The first kappa shape index (κ1) is 20.0. The van der Waals surface area contributed by atoms with E-state index in [1.165, 1.54) is 5.56 Å². The highest BCUT2D eigenvalue weighted by atomic mass is 79.9. The van der Waals surface area contributed by atoms with Gasteiger partial charge in [-0.2, -0.15) is 0 Å². The number of benzene rings is 2. The summed E-state index contributed by atoms with van der Waals surface area (Å²) in [6.45, 7) is 5.62. The Morgan fingerprint density at radius 3 is 2.27 bits per heavy atom. The van der Waals surface area contributed by atoms with Crippen molar-refractivity contribution in [1.29, 1.82) is 0 Å². The van der Waals surface area contributed by atoms with E-state index in [-0.39, 0.29) is 18.4 Å². The molecule has 2 aromatic rings. The Morgan fingerprint density at radius 1 is 1.04 bits per heavy atom. The number of carbonyl (C=O) groups is 2. The van der Waals surface area contributed by atoms with Gasteiger partial charge >= 0.3 is 0 Å². The summed E-state index contributed by atoms with van der Waals surface area (Å²) in [4.78, 5) is 23.8. The van der Waals surface area contributed by atoms with Crippen LogP contribution >= 0.6 is 15.9 Å². The molecular weight excluding hydrogens is 396 g/mol.